The van der Waals surface area contributed by atoms with Gasteiger partial charge in [0.15, 0.2) is 0 Å². The molecule has 1 saturated heterocycles. The fraction of sp³-hybridized carbons (Fsp3) is 0.364. The lowest BCUT2D eigenvalue weighted by molar-refractivity contribution is 0.208. The fourth-order valence-electron chi connectivity index (χ4n) is 4.18. The zero-order valence-electron chi connectivity index (χ0n) is 18.2. The van der Waals surface area contributed by atoms with Gasteiger partial charge in [-0.3, -0.25) is 4.40 Å². The minimum atomic E-state index is -0.463. The van der Waals surface area contributed by atoms with Gasteiger partial charge < -0.3 is 10.1 Å². The highest BCUT2D eigenvalue weighted by Crippen LogP contribution is 2.32. The Hall–Kier alpha value is -3.55. The zero-order chi connectivity index (χ0) is 22.9. The van der Waals surface area contributed by atoms with Gasteiger partial charge in [-0.15, -0.1) is 5.10 Å². The first-order valence-corrected chi connectivity index (χ1v) is 11.1. The number of piperidine rings is 1. The summed E-state index contributed by atoms with van der Waals surface area (Å²) in [5.74, 6) is 0.446. The van der Waals surface area contributed by atoms with Crippen LogP contribution in [0.3, 0.4) is 0 Å². The highest BCUT2D eigenvalue weighted by atomic mass is 35.5. The Morgan fingerprint density at radius 1 is 1.21 bits per heavy atom. The Labute approximate surface area is 195 Å². The number of hydrogen-bond acceptors (Lipinski definition) is 8. The predicted octanol–water partition coefficient (Wildman–Crippen LogP) is 3.28. The number of nitriles is 1. The molecule has 1 unspecified atom stereocenters. The Morgan fingerprint density at radius 2 is 2.03 bits per heavy atom. The van der Waals surface area contributed by atoms with Crippen molar-refractivity contribution in [2.24, 2.45) is 0 Å². The van der Waals surface area contributed by atoms with Crippen LogP contribution in [0.2, 0.25) is 5.02 Å². The summed E-state index contributed by atoms with van der Waals surface area (Å²) in [6.07, 6.45) is 4.56. The number of ether oxygens (including phenoxy) is 1. The van der Waals surface area contributed by atoms with Gasteiger partial charge in [0.25, 0.3) is 0 Å². The molecule has 1 aliphatic rings. The molecule has 5 rings (SSSR count). The Kier molecular flexibility index (Phi) is 5.66. The first kappa shape index (κ1) is 21.3. The molecule has 4 aromatic rings. The van der Waals surface area contributed by atoms with E-state index in [9.17, 15) is 5.26 Å². The van der Waals surface area contributed by atoms with Crippen molar-refractivity contribution in [3.05, 3.63) is 52.7 Å². The van der Waals surface area contributed by atoms with Gasteiger partial charge in [0.05, 0.1) is 29.2 Å². The lowest BCUT2D eigenvalue weighted by atomic mass is 10.1. The molecule has 1 aliphatic heterocycles. The van der Waals surface area contributed by atoms with Crippen LogP contribution < -0.4 is 10.1 Å². The standard InChI is InChI=1S/C22H22ClN9O/c1-13-22(29-30-32(13)17-3-5-25-6-4-17)15-7-20-26-12-18(10-24)31(20)21(8-15)33-14(2)19-9-16(23)11-27-28-19/h7-9,11-12,14,17,25H,3-6H2,1-2H3. The largest absolute Gasteiger partial charge is 0.469 e. The van der Waals surface area contributed by atoms with E-state index in [1.807, 2.05) is 30.7 Å². The van der Waals surface area contributed by atoms with Crippen LogP contribution in [0.5, 0.6) is 5.88 Å². The second kappa shape index (κ2) is 8.77. The van der Waals surface area contributed by atoms with Crippen molar-refractivity contribution in [2.45, 2.75) is 38.8 Å². The molecule has 33 heavy (non-hydrogen) atoms. The van der Waals surface area contributed by atoms with E-state index >= 15 is 0 Å². The van der Waals surface area contributed by atoms with Crippen molar-refractivity contribution in [1.29, 1.82) is 5.26 Å². The van der Waals surface area contributed by atoms with Gasteiger partial charge in [0, 0.05) is 11.6 Å². The summed E-state index contributed by atoms with van der Waals surface area (Å²) in [5.41, 5.74) is 4.09. The van der Waals surface area contributed by atoms with E-state index in [0.717, 1.165) is 42.9 Å². The number of rotatable bonds is 5. The maximum absolute atomic E-state index is 9.58. The minimum Gasteiger partial charge on any atom is -0.469 e. The smallest absolute Gasteiger partial charge is 0.201 e. The normalized spacial score (nSPS) is 15.5. The summed E-state index contributed by atoms with van der Waals surface area (Å²) in [5, 5.41) is 30.4. The van der Waals surface area contributed by atoms with Gasteiger partial charge in [-0.05, 0) is 51.9 Å². The van der Waals surface area contributed by atoms with Crippen molar-refractivity contribution in [3.8, 4) is 23.2 Å². The number of aromatic nitrogens is 7. The minimum absolute atomic E-state index is 0.324. The number of nitrogens with one attached hydrogen (secondary N) is 1. The third-order valence-electron chi connectivity index (χ3n) is 5.90. The van der Waals surface area contributed by atoms with E-state index in [4.69, 9.17) is 16.3 Å². The van der Waals surface area contributed by atoms with Crippen molar-refractivity contribution >= 4 is 17.2 Å². The highest BCUT2D eigenvalue weighted by molar-refractivity contribution is 6.30. The second-order valence-corrected chi connectivity index (χ2v) is 8.48. The Morgan fingerprint density at radius 3 is 2.79 bits per heavy atom. The zero-order valence-corrected chi connectivity index (χ0v) is 19.0. The lowest BCUT2D eigenvalue weighted by Gasteiger charge is -2.23. The van der Waals surface area contributed by atoms with Crippen LogP contribution in [0.1, 0.15) is 49.0 Å². The number of pyridine rings is 1. The van der Waals surface area contributed by atoms with Crippen LogP contribution in [0, 0.1) is 18.3 Å². The van der Waals surface area contributed by atoms with Crippen molar-refractivity contribution in [1.82, 2.24) is 39.9 Å². The summed E-state index contributed by atoms with van der Waals surface area (Å²) in [7, 11) is 0. The van der Waals surface area contributed by atoms with Crippen LogP contribution in [0.4, 0.5) is 0 Å². The molecule has 10 nitrogen and oxygen atoms in total. The van der Waals surface area contributed by atoms with Crippen LogP contribution in [0.15, 0.2) is 30.6 Å². The Balaban J connectivity index is 1.56. The molecule has 0 spiro atoms. The van der Waals surface area contributed by atoms with Gasteiger partial charge in [-0.2, -0.15) is 15.5 Å². The summed E-state index contributed by atoms with van der Waals surface area (Å²) < 4.78 is 9.92. The third kappa shape index (κ3) is 4.01. The third-order valence-corrected chi connectivity index (χ3v) is 6.10. The first-order chi connectivity index (χ1) is 16.0. The van der Waals surface area contributed by atoms with E-state index in [1.165, 1.54) is 12.4 Å². The SMILES string of the molecule is Cc1c(-c2cc(OC(C)c3cc(Cl)cnn3)n3c(C#N)cnc3c2)nnn1C1CCNCC1. The average molecular weight is 464 g/mol. The second-order valence-electron chi connectivity index (χ2n) is 8.04. The summed E-state index contributed by atoms with van der Waals surface area (Å²) >= 11 is 6.07. The van der Waals surface area contributed by atoms with Gasteiger partial charge in [-0.25, -0.2) is 9.67 Å². The quantitative estimate of drug-likeness (QED) is 0.479. The average Bonchev–Trinajstić information content (AvgIpc) is 3.43. The van der Waals surface area contributed by atoms with Gasteiger partial charge in [0.1, 0.15) is 34.9 Å². The molecular weight excluding hydrogens is 442 g/mol. The van der Waals surface area contributed by atoms with Crippen molar-refractivity contribution in [3.63, 3.8) is 0 Å². The molecule has 0 aromatic carbocycles. The molecule has 4 aromatic heterocycles. The van der Waals surface area contributed by atoms with E-state index < -0.39 is 6.10 Å². The maximum atomic E-state index is 9.58. The molecule has 1 atom stereocenters. The first-order valence-electron chi connectivity index (χ1n) is 10.7. The van der Waals surface area contributed by atoms with E-state index in [0.29, 0.717) is 34.0 Å². The summed E-state index contributed by atoms with van der Waals surface area (Å²) in [6, 6.07) is 7.94. The Bertz CT molecular complexity index is 1350. The molecule has 5 heterocycles. The molecule has 0 saturated carbocycles. The highest BCUT2D eigenvalue weighted by Gasteiger charge is 2.23. The molecule has 1 N–H and O–H groups in total. The molecule has 0 aliphatic carbocycles. The maximum Gasteiger partial charge on any atom is 0.201 e. The van der Waals surface area contributed by atoms with Gasteiger partial charge >= 0.3 is 0 Å². The molecule has 0 amide bonds. The summed E-state index contributed by atoms with van der Waals surface area (Å²) in [6.45, 7) is 5.82. The van der Waals surface area contributed by atoms with E-state index in [1.54, 1.807) is 10.5 Å². The van der Waals surface area contributed by atoms with Crippen molar-refractivity contribution < 1.29 is 4.74 Å². The van der Waals surface area contributed by atoms with Gasteiger partial charge in [0.2, 0.25) is 5.88 Å². The van der Waals surface area contributed by atoms with Crippen LogP contribution >= 0.6 is 11.6 Å². The number of halogens is 1. The number of imidazole rings is 1. The number of fused-ring (bicyclic) bond motifs is 1. The summed E-state index contributed by atoms with van der Waals surface area (Å²) in [4.78, 5) is 4.40. The topological polar surface area (TPSA) is 119 Å². The molecule has 1 fully saturated rings. The molecule has 11 heteroatoms. The van der Waals surface area contributed by atoms with Gasteiger partial charge in [-0.1, -0.05) is 16.8 Å². The lowest BCUT2D eigenvalue weighted by Crippen LogP contribution is -2.30. The number of hydrogen-bond donors (Lipinski definition) is 1. The predicted molar refractivity (Wildman–Crippen MR) is 121 cm³/mol. The van der Waals surface area contributed by atoms with Crippen LogP contribution in [-0.4, -0.2) is 47.7 Å². The van der Waals surface area contributed by atoms with E-state index in [2.05, 4.69) is 36.9 Å². The van der Waals surface area contributed by atoms with E-state index in [-0.39, 0.29) is 0 Å². The monoisotopic (exact) mass is 463 g/mol. The molecule has 0 radical (unpaired) electrons. The molecule has 168 valence electrons. The van der Waals surface area contributed by atoms with Crippen LogP contribution in [-0.2, 0) is 0 Å². The number of nitrogens with zero attached hydrogens (tertiary/aromatic N) is 8. The molecular formula is C22H22ClN9O. The molecule has 0 bridgehead atoms. The van der Waals surface area contributed by atoms with Crippen molar-refractivity contribution in [2.75, 3.05) is 13.1 Å². The fourth-order valence-corrected chi connectivity index (χ4v) is 4.34. The van der Waals surface area contributed by atoms with Crippen LogP contribution in [0.25, 0.3) is 16.9 Å².